The summed E-state index contributed by atoms with van der Waals surface area (Å²) in [6.45, 7) is 9.26. The number of benzene rings is 1. The highest BCUT2D eigenvalue weighted by Gasteiger charge is 2.33. The lowest BCUT2D eigenvalue weighted by atomic mass is 10.2. The highest BCUT2D eigenvalue weighted by Crippen LogP contribution is 2.24. The molecule has 2 heterocycles. The van der Waals surface area contributed by atoms with E-state index in [0.717, 1.165) is 5.69 Å². The van der Waals surface area contributed by atoms with Gasteiger partial charge in [-0.1, -0.05) is 26.0 Å². The van der Waals surface area contributed by atoms with Crippen molar-refractivity contribution in [2.75, 3.05) is 39.3 Å². The summed E-state index contributed by atoms with van der Waals surface area (Å²) in [5.41, 5.74) is 2.35. The van der Waals surface area contributed by atoms with Crippen LogP contribution in [0.25, 0.3) is 5.69 Å². The average Bonchev–Trinajstić information content (AvgIpc) is 3.02. The fourth-order valence-electron chi connectivity index (χ4n) is 3.99. The normalized spacial score (nSPS) is 15.7. The number of aromatic nitrogens is 1. The van der Waals surface area contributed by atoms with E-state index < -0.39 is 10.2 Å². The number of rotatable bonds is 6. The van der Waals surface area contributed by atoms with Crippen molar-refractivity contribution >= 4 is 16.1 Å². The number of carbonyl (C=O) groups is 1. The van der Waals surface area contributed by atoms with Crippen molar-refractivity contribution in [2.45, 2.75) is 27.7 Å². The Morgan fingerprint density at radius 3 is 2.23 bits per heavy atom. The van der Waals surface area contributed by atoms with Crippen molar-refractivity contribution < 1.29 is 17.6 Å². The molecule has 7 nitrogen and oxygen atoms in total. The van der Waals surface area contributed by atoms with Gasteiger partial charge < -0.3 is 9.47 Å². The first-order valence-electron chi connectivity index (χ1n) is 10.2. The average molecular weight is 437 g/mol. The highest BCUT2D eigenvalue weighted by atomic mass is 32.2. The van der Waals surface area contributed by atoms with Gasteiger partial charge in [0.25, 0.3) is 16.1 Å². The van der Waals surface area contributed by atoms with E-state index in [1.54, 1.807) is 40.7 Å². The zero-order valence-electron chi connectivity index (χ0n) is 17.9. The quantitative estimate of drug-likeness (QED) is 0.699. The standard InChI is InChI=1S/C21H29FN4O3S/c1-5-24(6-2)30(28,29)25-13-11-23(12-14-25)21(27)18-15-16(3)26(17(18)4)20-10-8-7-9-19(20)22/h7-10,15H,5-6,11-14H2,1-4H3. The van der Waals surface area contributed by atoms with Gasteiger partial charge in [-0.15, -0.1) is 0 Å². The highest BCUT2D eigenvalue weighted by molar-refractivity contribution is 7.86. The van der Waals surface area contributed by atoms with Gasteiger partial charge in [0.1, 0.15) is 5.82 Å². The first kappa shape index (κ1) is 22.5. The summed E-state index contributed by atoms with van der Waals surface area (Å²) >= 11 is 0. The van der Waals surface area contributed by atoms with Gasteiger partial charge in [0.2, 0.25) is 0 Å². The second-order valence-corrected chi connectivity index (χ2v) is 9.28. The third kappa shape index (κ3) is 4.01. The fourth-order valence-corrected chi connectivity index (χ4v) is 5.59. The Kier molecular flexibility index (Phi) is 6.64. The molecule has 0 aliphatic carbocycles. The van der Waals surface area contributed by atoms with E-state index in [9.17, 15) is 17.6 Å². The van der Waals surface area contributed by atoms with E-state index in [-0.39, 0.29) is 24.8 Å². The molecular weight excluding hydrogens is 407 g/mol. The predicted octanol–water partition coefficient (Wildman–Crippen LogP) is 2.58. The topological polar surface area (TPSA) is 65.9 Å². The predicted molar refractivity (Wildman–Crippen MR) is 115 cm³/mol. The van der Waals surface area contributed by atoms with Crippen molar-refractivity contribution in [3.63, 3.8) is 0 Å². The largest absolute Gasteiger partial charge is 0.336 e. The van der Waals surface area contributed by atoms with Crippen LogP contribution in [0.2, 0.25) is 0 Å². The van der Waals surface area contributed by atoms with Gasteiger partial charge in [0.05, 0.1) is 11.3 Å². The number of hydrogen-bond acceptors (Lipinski definition) is 3. The molecule has 30 heavy (non-hydrogen) atoms. The van der Waals surface area contributed by atoms with Crippen LogP contribution < -0.4 is 0 Å². The van der Waals surface area contributed by atoms with Gasteiger partial charge in [-0.25, -0.2) is 4.39 Å². The molecule has 1 aromatic heterocycles. The molecular formula is C21H29FN4O3S. The summed E-state index contributed by atoms with van der Waals surface area (Å²) in [7, 11) is -3.51. The van der Waals surface area contributed by atoms with Crippen LogP contribution in [0.1, 0.15) is 35.6 Å². The summed E-state index contributed by atoms with van der Waals surface area (Å²) < 4.78 is 44.3. The van der Waals surface area contributed by atoms with E-state index in [0.29, 0.717) is 43.1 Å². The minimum absolute atomic E-state index is 0.162. The van der Waals surface area contributed by atoms with Crippen molar-refractivity contribution in [2.24, 2.45) is 0 Å². The van der Waals surface area contributed by atoms with Gasteiger partial charge in [0.15, 0.2) is 0 Å². The Labute approximate surface area is 177 Å². The molecule has 164 valence electrons. The Morgan fingerprint density at radius 2 is 1.67 bits per heavy atom. The second kappa shape index (κ2) is 8.87. The van der Waals surface area contributed by atoms with E-state index in [4.69, 9.17) is 0 Å². The van der Waals surface area contributed by atoms with E-state index in [1.807, 2.05) is 20.8 Å². The summed E-state index contributed by atoms with van der Waals surface area (Å²) in [5.74, 6) is -0.515. The molecule has 0 atom stereocenters. The third-order valence-corrected chi connectivity index (χ3v) is 7.83. The summed E-state index contributed by atoms with van der Waals surface area (Å²) in [6, 6.07) is 8.23. The van der Waals surface area contributed by atoms with Gasteiger partial charge in [0, 0.05) is 50.7 Å². The number of aryl methyl sites for hydroxylation is 1. The van der Waals surface area contributed by atoms with Crippen LogP contribution in [0.15, 0.2) is 30.3 Å². The molecule has 2 aromatic rings. The lowest BCUT2D eigenvalue weighted by Gasteiger charge is -2.36. The minimum Gasteiger partial charge on any atom is -0.336 e. The molecule has 0 spiro atoms. The van der Waals surface area contributed by atoms with Gasteiger partial charge in [-0.2, -0.15) is 17.0 Å². The summed E-state index contributed by atoms with van der Waals surface area (Å²) in [5, 5.41) is 0. The zero-order valence-corrected chi connectivity index (χ0v) is 18.7. The molecule has 0 unspecified atom stereocenters. The Bertz CT molecular complexity index is 1020. The number of carbonyl (C=O) groups excluding carboxylic acids is 1. The maximum atomic E-state index is 14.3. The number of hydrogen-bond donors (Lipinski definition) is 0. The molecule has 0 bridgehead atoms. The zero-order chi connectivity index (χ0) is 22.1. The number of para-hydroxylation sites is 1. The van der Waals surface area contributed by atoms with Gasteiger partial charge >= 0.3 is 0 Å². The fraction of sp³-hybridized carbons (Fsp3) is 0.476. The number of piperazine rings is 1. The first-order chi connectivity index (χ1) is 14.2. The lowest BCUT2D eigenvalue weighted by molar-refractivity contribution is 0.0693. The Balaban J connectivity index is 1.78. The van der Waals surface area contributed by atoms with Crippen molar-refractivity contribution in [1.82, 2.24) is 18.1 Å². The number of amides is 1. The maximum Gasteiger partial charge on any atom is 0.282 e. The van der Waals surface area contributed by atoms with Gasteiger partial charge in [-0.3, -0.25) is 4.79 Å². The second-order valence-electron chi connectivity index (χ2n) is 7.35. The molecule has 0 radical (unpaired) electrons. The molecule has 1 fully saturated rings. The monoisotopic (exact) mass is 436 g/mol. The Hall–Kier alpha value is -2.23. The molecule has 1 amide bonds. The third-order valence-electron chi connectivity index (χ3n) is 5.64. The van der Waals surface area contributed by atoms with Gasteiger partial charge in [-0.05, 0) is 32.0 Å². The van der Waals surface area contributed by atoms with Crippen LogP contribution in [0, 0.1) is 19.7 Å². The van der Waals surface area contributed by atoms with Crippen LogP contribution in [0.3, 0.4) is 0 Å². The first-order valence-corrected chi connectivity index (χ1v) is 11.6. The van der Waals surface area contributed by atoms with Crippen molar-refractivity contribution in [1.29, 1.82) is 0 Å². The lowest BCUT2D eigenvalue weighted by Crippen LogP contribution is -2.54. The van der Waals surface area contributed by atoms with Crippen LogP contribution >= 0.6 is 0 Å². The number of halogens is 1. The molecule has 0 saturated carbocycles. The van der Waals surface area contributed by atoms with E-state index in [1.165, 1.54) is 14.7 Å². The molecule has 1 aliphatic rings. The number of nitrogens with zero attached hydrogens (tertiary/aromatic N) is 4. The van der Waals surface area contributed by atoms with Crippen LogP contribution in [-0.4, -0.2) is 71.7 Å². The molecule has 1 aliphatic heterocycles. The van der Waals surface area contributed by atoms with Crippen molar-refractivity contribution in [3.05, 3.63) is 53.1 Å². The van der Waals surface area contributed by atoms with Crippen LogP contribution in [-0.2, 0) is 10.2 Å². The summed E-state index contributed by atoms with van der Waals surface area (Å²) in [4.78, 5) is 14.8. The van der Waals surface area contributed by atoms with E-state index >= 15 is 0 Å². The maximum absolute atomic E-state index is 14.3. The van der Waals surface area contributed by atoms with E-state index in [2.05, 4.69) is 0 Å². The smallest absolute Gasteiger partial charge is 0.282 e. The minimum atomic E-state index is -3.51. The summed E-state index contributed by atoms with van der Waals surface area (Å²) in [6.07, 6.45) is 0. The SMILES string of the molecule is CCN(CC)S(=O)(=O)N1CCN(C(=O)c2cc(C)n(-c3ccccc3F)c2C)CC1. The molecule has 1 aromatic carbocycles. The van der Waals surface area contributed by atoms with Crippen LogP contribution in [0.4, 0.5) is 4.39 Å². The molecule has 9 heteroatoms. The molecule has 3 rings (SSSR count). The molecule has 0 N–H and O–H groups in total. The Morgan fingerprint density at radius 1 is 1.07 bits per heavy atom. The molecule has 1 saturated heterocycles. The van der Waals surface area contributed by atoms with Crippen LogP contribution in [0.5, 0.6) is 0 Å². The van der Waals surface area contributed by atoms with Crippen molar-refractivity contribution in [3.8, 4) is 5.69 Å².